The van der Waals surface area contributed by atoms with E-state index in [2.05, 4.69) is 44.7 Å². The SMILES string of the molecule is Cc1cnc(C(NN)c2cscc2Br)c(C)c1. The highest BCUT2D eigenvalue weighted by Crippen LogP contribution is 2.31. The van der Waals surface area contributed by atoms with Gasteiger partial charge in [-0.1, -0.05) is 6.07 Å². The molecule has 5 heteroatoms. The van der Waals surface area contributed by atoms with Crippen LogP contribution in [-0.4, -0.2) is 4.98 Å². The Labute approximate surface area is 113 Å². The second kappa shape index (κ2) is 5.27. The Morgan fingerprint density at radius 2 is 2.18 bits per heavy atom. The molecule has 90 valence electrons. The summed E-state index contributed by atoms with van der Waals surface area (Å²) in [5, 5.41) is 4.12. The van der Waals surface area contributed by atoms with Gasteiger partial charge in [-0.15, -0.1) is 0 Å². The van der Waals surface area contributed by atoms with Crippen LogP contribution in [0.3, 0.4) is 0 Å². The lowest BCUT2D eigenvalue weighted by molar-refractivity contribution is 0.616. The maximum absolute atomic E-state index is 5.67. The number of nitrogens with two attached hydrogens (primary N) is 1. The van der Waals surface area contributed by atoms with Crippen molar-refractivity contribution in [2.75, 3.05) is 0 Å². The lowest BCUT2D eigenvalue weighted by Crippen LogP contribution is -2.30. The lowest BCUT2D eigenvalue weighted by atomic mass is 10.0. The van der Waals surface area contributed by atoms with Gasteiger partial charge in [-0.25, -0.2) is 5.43 Å². The van der Waals surface area contributed by atoms with Crippen LogP contribution >= 0.6 is 27.3 Å². The number of nitrogens with one attached hydrogen (secondary N) is 1. The summed E-state index contributed by atoms with van der Waals surface area (Å²) in [7, 11) is 0. The fourth-order valence-corrected chi connectivity index (χ4v) is 3.39. The number of hydrogen-bond donors (Lipinski definition) is 2. The van der Waals surface area contributed by atoms with Crippen LogP contribution in [-0.2, 0) is 0 Å². The van der Waals surface area contributed by atoms with Crippen LogP contribution in [0.2, 0.25) is 0 Å². The van der Waals surface area contributed by atoms with Gasteiger partial charge in [-0.2, -0.15) is 11.3 Å². The van der Waals surface area contributed by atoms with Gasteiger partial charge < -0.3 is 0 Å². The molecule has 2 heterocycles. The van der Waals surface area contributed by atoms with Crippen molar-refractivity contribution in [3.63, 3.8) is 0 Å². The number of hydrogen-bond acceptors (Lipinski definition) is 4. The number of nitrogens with zero attached hydrogens (tertiary/aromatic N) is 1. The molecule has 0 aliphatic rings. The standard InChI is InChI=1S/C12H14BrN3S/c1-7-3-8(2)11(15-4-7)12(16-14)9-5-17-6-10(9)13/h3-6,12,16H,14H2,1-2H3. The van der Waals surface area contributed by atoms with Crippen LogP contribution in [0.15, 0.2) is 27.5 Å². The van der Waals surface area contributed by atoms with Gasteiger partial charge in [-0.3, -0.25) is 10.8 Å². The fourth-order valence-electron chi connectivity index (χ4n) is 1.84. The molecule has 0 aromatic carbocycles. The Morgan fingerprint density at radius 3 is 2.71 bits per heavy atom. The Hall–Kier alpha value is -0.750. The van der Waals surface area contributed by atoms with Crippen molar-refractivity contribution in [3.8, 4) is 0 Å². The highest BCUT2D eigenvalue weighted by molar-refractivity contribution is 9.10. The number of hydrazine groups is 1. The van der Waals surface area contributed by atoms with E-state index in [1.165, 1.54) is 0 Å². The topological polar surface area (TPSA) is 50.9 Å². The summed E-state index contributed by atoms with van der Waals surface area (Å²) >= 11 is 5.17. The number of halogens is 1. The smallest absolute Gasteiger partial charge is 0.0903 e. The maximum atomic E-state index is 5.67. The third-order valence-corrected chi connectivity index (χ3v) is 4.40. The highest BCUT2D eigenvalue weighted by atomic mass is 79.9. The van der Waals surface area contributed by atoms with E-state index < -0.39 is 0 Å². The molecule has 0 aliphatic heterocycles. The summed E-state index contributed by atoms with van der Waals surface area (Å²) in [5.74, 6) is 5.67. The zero-order valence-corrected chi connectivity index (χ0v) is 12.1. The number of aryl methyl sites for hydroxylation is 2. The Balaban J connectivity index is 2.46. The van der Waals surface area contributed by atoms with Gasteiger partial charge in [0.15, 0.2) is 0 Å². The van der Waals surface area contributed by atoms with Crippen LogP contribution in [0.4, 0.5) is 0 Å². The molecule has 0 saturated heterocycles. The van der Waals surface area contributed by atoms with Crippen LogP contribution in [0.25, 0.3) is 0 Å². The summed E-state index contributed by atoms with van der Waals surface area (Å²) in [6.07, 6.45) is 1.87. The summed E-state index contributed by atoms with van der Waals surface area (Å²) in [4.78, 5) is 4.49. The van der Waals surface area contributed by atoms with E-state index in [0.717, 1.165) is 26.9 Å². The van der Waals surface area contributed by atoms with E-state index in [4.69, 9.17) is 5.84 Å². The van der Waals surface area contributed by atoms with Gasteiger partial charge >= 0.3 is 0 Å². The summed E-state index contributed by atoms with van der Waals surface area (Å²) < 4.78 is 1.06. The van der Waals surface area contributed by atoms with Crippen LogP contribution in [0, 0.1) is 13.8 Å². The number of thiophene rings is 1. The van der Waals surface area contributed by atoms with Gasteiger partial charge in [0.1, 0.15) is 0 Å². The van der Waals surface area contributed by atoms with E-state index in [1.54, 1.807) is 11.3 Å². The predicted molar refractivity (Wildman–Crippen MR) is 74.9 cm³/mol. The second-order valence-electron chi connectivity index (χ2n) is 3.99. The second-order valence-corrected chi connectivity index (χ2v) is 5.59. The van der Waals surface area contributed by atoms with Gasteiger partial charge in [0.2, 0.25) is 0 Å². The molecule has 2 rings (SSSR count). The molecular formula is C12H14BrN3S. The molecular weight excluding hydrogens is 298 g/mol. The Bertz CT molecular complexity index is 524. The first-order valence-corrected chi connectivity index (χ1v) is 6.98. The average molecular weight is 312 g/mol. The Kier molecular flexibility index (Phi) is 3.93. The first kappa shape index (κ1) is 12.7. The minimum absolute atomic E-state index is 0.0729. The Morgan fingerprint density at radius 1 is 1.41 bits per heavy atom. The zero-order valence-electron chi connectivity index (χ0n) is 9.70. The van der Waals surface area contributed by atoms with Crippen LogP contribution < -0.4 is 11.3 Å². The minimum atomic E-state index is -0.0729. The first-order chi connectivity index (χ1) is 8.13. The monoisotopic (exact) mass is 311 g/mol. The zero-order chi connectivity index (χ0) is 12.4. The van der Waals surface area contributed by atoms with E-state index >= 15 is 0 Å². The molecule has 0 saturated carbocycles. The molecule has 1 atom stereocenters. The molecule has 0 fully saturated rings. The minimum Gasteiger partial charge on any atom is -0.271 e. The number of pyridine rings is 1. The molecule has 3 N–H and O–H groups in total. The van der Waals surface area contributed by atoms with E-state index in [-0.39, 0.29) is 6.04 Å². The molecule has 17 heavy (non-hydrogen) atoms. The molecule has 1 unspecified atom stereocenters. The first-order valence-electron chi connectivity index (χ1n) is 5.24. The van der Waals surface area contributed by atoms with Crippen molar-refractivity contribution in [1.29, 1.82) is 0 Å². The molecule has 3 nitrogen and oxygen atoms in total. The lowest BCUT2D eigenvalue weighted by Gasteiger charge is -2.17. The molecule has 2 aromatic heterocycles. The molecule has 0 bridgehead atoms. The van der Waals surface area contributed by atoms with Crippen molar-refractivity contribution in [2.45, 2.75) is 19.9 Å². The van der Waals surface area contributed by atoms with E-state index in [9.17, 15) is 0 Å². The normalized spacial score (nSPS) is 12.7. The number of aromatic nitrogens is 1. The quantitative estimate of drug-likeness (QED) is 0.676. The van der Waals surface area contributed by atoms with Crippen molar-refractivity contribution < 1.29 is 0 Å². The van der Waals surface area contributed by atoms with E-state index in [0.29, 0.717) is 0 Å². The molecule has 0 amide bonds. The van der Waals surface area contributed by atoms with Crippen molar-refractivity contribution >= 4 is 27.3 Å². The van der Waals surface area contributed by atoms with Gasteiger partial charge in [0.05, 0.1) is 11.7 Å². The van der Waals surface area contributed by atoms with Crippen molar-refractivity contribution in [2.24, 2.45) is 5.84 Å². The summed E-state index contributed by atoms with van der Waals surface area (Å²) in [6, 6.07) is 2.05. The summed E-state index contributed by atoms with van der Waals surface area (Å²) in [6.45, 7) is 4.09. The molecule has 0 radical (unpaired) electrons. The van der Waals surface area contributed by atoms with Crippen molar-refractivity contribution in [3.05, 3.63) is 49.9 Å². The maximum Gasteiger partial charge on any atom is 0.0903 e. The largest absolute Gasteiger partial charge is 0.271 e. The van der Waals surface area contributed by atoms with Gasteiger partial charge in [-0.05, 0) is 46.3 Å². The fraction of sp³-hybridized carbons (Fsp3) is 0.250. The van der Waals surface area contributed by atoms with Gasteiger partial charge in [0, 0.05) is 21.6 Å². The summed E-state index contributed by atoms with van der Waals surface area (Å²) in [5.41, 5.74) is 7.23. The van der Waals surface area contributed by atoms with Crippen molar-refractivity contribution in [1.82, 2.24) is 10.4 Å². The average Bonchev–Trinajstić information content (AvgIpc) is 2.69. The third-order valence-electron chi connectivity index (χ3n) is 2.65. The van der Waals surface area contributed by atoms with Gasteiger partial charge in [0.25, 0.3) is 0 Å². The molecule has 2 aromatic rings. The van der Waals surface area contributed by atoms with Crippen LogP contribution in [0.1, 0.15) is 28.4 Å². The molecule has 0 spiro atoms. The van der Waals surface area contributed by atoms with E-state index in [1.807, 2.05) is 18.5 Å². The highest BCUT2D eigenvalue weighted by Gasteiger charge is 2.19. The predicted octanol–water partition coefficient (Wildman–Crippen LogP) is 3.08. The molecule has 0 aliphatic carbocycles. The number of rotatable bonds is 3. The third kappa shape index (κ3) is 2.57. The van der Waals surface area contributed by atoms with Crippen LogP contribution in [0.5, 0.6) is 0 Å².